The molecule has 25 heavy (non-hydrogen) atoms. The fourth-order valence-electron chi connectivity index (χ4n) is 2.01. The Morgan fingerprint density at radius 3 is 2.60 bits per heavy atom. The number of H-pyrrole nitrogens is 1. The minimum atomic E-state index is -3.83. The predicted molar refractivity (Wildman–Crippen MR) is 89.8 cm³/mol. The van der Waals surface area contributed by atoms with Gasteiger partial charge in [0.25, 0.3) is 10.0 Å². The van der Waals surface area contributed by atoms with E-state index in [0.29, 0.717) is 5.02 Å². The molecule has 0 aliphatic heterocycles. The number of nitrogens with one attached hydrogen (secondary N) is 1. The summed E-state index contributed by atoms with van der Waals surface area (Å²) in [5.74, 6) is -1.03. The number of aliphatic hydroxyl groups is 1. The highest BCUT2D eigenvalue weighted by Gasteiger charge is 2.18. The highest BCUT2D eigenvalue weighted by Crippen LogP contribution is 2.20. The van der Waals surface area contributed by atoms with Gasteiger partial charge in [0.15, 0.2) is 5.82 Å². The number of nitrogens with zero attached hydrogens (tertiary/aromatic N) is 3. The van der Waals surface area contributed by atoms with Crippen LogP contribution in [0.1, 0.15) is 16.2 Å². The third kappa shape index (κ3) is 3.47. The van der Waals surface area contributed by atoms with E-state index in [0.717, 1.165) is 16.4 Å². The summed E-state index contributed by atoms with van der Waals surface area (Å²) in [5.41, 5.74) is 0.158. The summed E-state index contributed by atoms with van der Waals surface area (Å²) in [4.78, 5) is 15.6. The van der Waals surface area contributed by atoms with Gasteiger partial charge in [0, 0.05) is 29.1 Å². The number of rotatable bonds is 5. The molecule has 10 heteroatoms. The average molecular weight is 379 g/mol. The molecule has 8 nitrogen and oxygen atoms in total. The van der Waals surface area contributed by atoms with Gasteiger partial charge >= 0.3 is 0 Å². The van der Waals surface area contributed by atoms with E-state index in [4.69, 9.17) is 11.6 Å². The minimum Gasteiger partial charge on any atom is -0.507 e. The predicted octanol–water partition coefficient (Wildman–Crippen LogP) is 2.28. The van der Waals surface area contributed by atoms with E-state index in [9.17, 15) is 18.3 Å². The number of carbonyl (C=O) groups is 1. The van der Waals surface area contributed by atoms with E-state index in [1.165, 1.54) is 42.7 Å². The Labute approximate surface area is 147 Å². The molecule has 2 heterocycles. The molecule has 0 radical (unpaired) electrons. The first kappa shape index (κ1) is 16.9. The summed E-state index contributed by atoms with van der Waals surface area (Å²) in [6, 6.07) is 7.05. The normalized spacial score (nSPS) is 12.3. The topological polar surface area (TPSA) is 118 Å². The van der Waals surface area contributed by atoms with Crippen molar-refractivity contribution in [2.75, 3.05) is 0 Å². The molecule has 0 saturated heterocycles. The van der Waals surface area contributed by atoms with Crippen molar-refractivity contribution in [3.05, 3.63) is 71.5 Å². The lowest BCUT2D eigenvalue weighted by atomic mass is 10.2. The number of aromatic nitrogens is 4. The summed E-state index contributed by atoms with van der Waals surface area (Å²) in [6.45, 7) is 0. The molecule has 0 saturated carbocycles. The van der Waals surface area contributed by atoms with Gasteiger partial charge in [0.05, 0.1) is 4.90 Å². The van der Waals surface area contributed by atoms with Crippen molar-refractivity contribution in [2.45, 2.75) is 4.90 Å². The van der Waals surface area contributed by atoms with Crippen molar-refractivity contribution in [1.29, 1.82) is 0 Å². The summed E-state index contributed by atoms with van der Waals surface area (Å²) >= 11 is 5.76. The van der Waals surface area contributed by atoms with Crippen LogP contribution in [0.25, 0.3) is 5.76 Å². The van der Waals surface area contributed by atoms with Gasteiger partial charge in [-0.05, 0) is 30.3 Å². The Morgan fingerprint density at radius 2 is 1.96 bits per heavy atom. The minimum absolute atomic E-state index is 0.0419. The SMILES string of the molecule is O=C(C=C(O)c1ccn(S(=O)(=O)c2ccc(Cl)cc2)c1)c1ncn[nH]1. The number of aliphatic hydroxyl groups excluding tert-OH is 1. The fraction of sp³-hybridized carbons (Fsp3) is 0. The second kappa shape index (κ2) is 6.54. The second-order valence-electron chi connectivity index (χ2n) is 4.92. The molecular formula is C15H11ClN4O4S. The van der Waals surface area contributed by atoms with Crippen LogP contribution >= 0.6 is 11.6 Å². The number of hydrogen-bond acceptors (Lipinski definition) is 6. The maximum absolute atomic E-state index is 12.5. The third-order valence-electron chi connectivity index (χ3n) is 3.27. The zero-order valence-electron chi connectivity index (χ0n) is 12.5. The third-order valence-corrected chi connectivity index (χ3v) is 5.17. The standard InChI is InChI=1S/C15H11ClN4O4S/c16-11-1-3-12(4-2-11)25(23,24)20-6-5-10(8-20)13(21)7-14(22)15-17-9-18-19-15/h1-9,21H,(H,17,18,19). The molecular weight excluding hydrogens is 368 g/mol. The number of allylic oxidation sites excluding steroid dienone is 1. The van der Waals surface area contributed by atoms with Crippen molar-refractivity contribution in [3.63, 3.8) is 0 Å². The lowest BCUT2D eigenvalue weighted by Crippen LogP contribution is -2.10. The summed E-state index contributed by atoms with van der Waals surface area (Å²) in [7, 11) is -3.83. The van der Waals surface area contributed by atoms with E-state index < -0.39 is 21.6 Å². The van der Waals surface area contributed by atoms with Crippen LogP contribution < -0.4 is 0 Å². The summed E-state index contributed by atoms with van der Waals surface area (Å²) < 4.78 is 26.0. The first-order chi connectivity index (χ1) is 11.9. The Hall–Kier alpha value is -2.91. The molecule has 0 aliphatic carbocycles. The van der Waals surface area contributed by atoms with Gasteiger partial charge in [-0.1, -0.05) is 11.6 Å². The molecule has 0 unspecified atom stereocenters. The molecule has 2 aromatic heterocycles. The van der Waals surface area contributed by atoms with Crippen LogP contribution in [0.2, 0.25) is 5.02 Å². The van der Waals surface area contributed by atoms with Gasteiger partial charge < -0.3 is 5.11 Å². The largest absolute Gasteiger partial charge is 0.507 e. The lowest BCUT2D eigenvalue weighted by Gasteiger charge is -2.05. The quantitative estimate of drug-likeness (QED) is 0.399. The molecule has 0 fully saturated rings. The summed E-state index contributed by atoms with van der Waals surface area (Å²) in [6.07, 6.45) is 4.55. The van der Waals surface area contributed by atoms with E-state index in [1.54, 1.807) is 0 Å². The van der Waals surface area contributed by atoms with Crippen LogP contribution in [0, 0.1) is 0 Å². The van der Waals surface area contributed by atoms with Gasteiger partial charge in [0.1, 0.15) is 12.1 Å². The molecule has 0 aliphatic rings. The Kier molecular flexibility index (Phi) is 4.43. The maximum atomic E-state index is 12.5. The van der Waals surface area contributed by atoms with Crippen LogP contribution in [-0.2, 0) is 10.0 Å². The Bertz CT molecular complexity index is 1040. The number of hydrogen-bond donors (Lipinski definition) is 2. The molecule has 0 bridgehead atoms. The van der Waals surface area contributed by atoms with Crippen LogP contribution in [-0.4, -0.2) is 38.5 Å². The van der Waals surface area contributed by atoms with Crippen molar-refractivity contribution in [1.82, 2.24) is 19.2 Å². The smallest absolute Gasteiger partial charge is 0.267 e. The maximum Gasteiger partial charge on any atom is 0.267 e. The Morgan fingerprint density at radius 1 is 1.24 bits per heavy atom. The zero-order valence-corrected chi connectivity index (χ0v) is 14.1. The first-order valence-electron chi connectivity index (χ1n) is 6.88. The van der Waals surface area contributed by atoms with Crippen LogP contribution in [0.4, 0.5) is 0 Å². The van der Waals surface area contributed by atoms with Gasteiger partial charge in [-0.3, -0.25) is 9.89 Å². The molecule has 128 valence electrons. The second-order valence-corrected chi connectivity index (χ2v) is 7.20. The van der Waals surface area contributed by atoms with Crippen LogP contribution in [0.3, 0.4) is 0 Å². The number of aromatic amines is 1. The first-order valence-corrected chi connectivity index (χ1v) is 8.69. The van der Waals surface area contributed by atoms with Crippen LogP contribution in [0.15, 0.2) is 60.0 Å². The number of halogens is 1. The average Bonchev–Trinajstić information content (AvgIpc) is 3.27. The fourth-order valence-corrected chi connectivity index (χ4v) is 3.33. The van der Waals surface area contributed by atoms with Crippen LogP contribution in [0.5, 0.6) is 0 Å². The van der Waals surface area contributed by atoms with Crippen molar-refractivity contribution >= 4 is 33.2 Å². The molecule has 3 aromatic rings. The molecule has 2 N–H and O–H groups in total. The monoisotopic (exact) mass is 378 g/mol. The van der Waals surface area contributed by atoms with Gasteiger partial charge in [-0.2, -0.15) is 5.10 Å². The molecule has 0 spiro atoms. The summed E-state index contributed by atoms with van der Waals surface area (Å²) in [5, 5.41) is 16.4. The highest BCUT2D eigenvalue weighted by atomic mass is 35.5. The van der Waals surface area contributed by atoms with Crippen molar-refractivity contribution < 1.29 is 18.3 Å². The van der Waals surface area contributed by atoms with Gasteiger partial charge in [0.2, 0.25) is 5.78 Å². The number of benzene rings is 1. The molecule has 3 rings (SSSR count). The zero-order chi connectivity index (χ0) is 18.0. The highest BCUT2D eigenvalue weighted by molar-refractivity contribution is 7.90. The van der Waals surface area contributed by atoms with E-state index in [-0.39, 0.29) is 16.3 Å². The van der Waals surface area contributed by atoms with E-state index in [1.807, 2.05) is 0 Å². The molecule has 0 atom stereocenters. The number of carbonyl (C=O) groups excluding carboxylic acids is 1. The van der Waals surface area contributed by atoms with E-state index in [2.05, 4.69) is 15.2 Å². The van der Waals surface area contributed by atoms with Crippen molar-refractivity contribution in [3.8, 4) is 0 Å². The van der Waals surface area contributed by atoms with E-state index >= 15 is 0 Å². The number of ketones is 1. The molecule has 0 amide bonds. The Balaban J connectivity index is 1.89. The molecule has 1 aromatic carbocycles. The van der Waals surface area contributed by atoms with Gasteiger partial charge in [-0.25, -0.2) is 17.4 Å². The lowest BCUT2D eigenvalue weighted by molar-refractivity contribution is 0.103. The van der Waals surface area contributed by atoms with Gasteiger partial charge in [-0.15, -0.1) is 0 Å². The van der Waals surface area contributed by atoms with Crippen molar-refractivity contribution in [2.24, 2.45) is 0 Å².